The lowest BCUT2D eigenvalue weighted by Gasteiger charge is -2.26. The lowest BCUT2D eigenvalue weighted by molar-refractivity contribution is -0.118. The number of nitrogens with one attached hydrogen (secondary N) is 2. The Kier molecular flexibility index (Phi) is 7.26. The highest BCUT2D eigenvalue weighted by molar-refractivity contribution is 5.95. The fraction of sp³-hybridized carbons (Fsp3) is 0.480. The van der Waals surface area contributed by atoms with E-state index in [9.17, 15) is 9.59 Å². The standard InChI is InChI=1S/C25H32N8O3/c26-20(34)6-3-11-27-25-30-22(21-23(31-25)33(16-28-21)19-4-1-2-5-19)29-18-9-7-17(8-10-18)24(35)32-12-14-36-15-13-32/h7-10,16,19H,1-6,11-15H2,(H2,26,34)(H2,27,29,30,31). The van der Waals surface area contributed by atoms with Gasteiger partial charge in [0.2, 0.25) is 11.9 Å². The molecule has 2 aromatic heterocycles. The molecule has 2 aliphatic rings. The minimum Gasteiger partial charge on any atom is -0.378 e. The van der Waals surface area contributed by atoms with Gasteiger partial charge in [0, 0.05) is 43.3 Å². The van der Waals surface area contributed by atoms with E-state index in [-0.39, 0.29) is 11.8 Å². The molecule has 0 spiro atoms. The maximum atomic E-state index is 12.8. The zero-order chi connectivity index (χ0) is 24.9. The summed E-state index contributed by atoms with van der Waals surface area (Å²) in [4.78, 5) is 39.7. The molecule has 36 heavy (non-hydrogen) atoms. The smallest absolute Gasteiger partial charge is 0.254 e. The molecule has 5 rings (SSSR count). The minimum absolute atomic E-state index is 0.00651. The van der Waals surface area contributed by atoms with Crippen LogP contribution in [0.2, 0.25) is 0 Å². The van der Waals surface area contributed by atoms with Crippen LogP contribution in [0.5, 0.6) is 0 Å². The summed E-state index contributed by atoms with van der Waals surface area (Å²) in [6.45, 7) is 2.89. The summed E-state index contributed by atoms with van der Waals surface area (Å²) in [5.41, 5.74) is 8.15. The number of primary amides is 1. The zero-order valence-corrected chi connectivity index (χ0v) is 20.3. The molecule has 1 aliphatic carbocycles. The van der Waals surface area contributed by atoms with Gasteiger partial charge in [-0.3, -0.25) is 9.59 Å². The van der Waals surface area contributed by atoms with Gasteiger partial charge in [0.25, 0.3) is 5.91 Å². The first-order valence-electron chi connectivity index (χ1n) is 12.6. The van der Waals surface area contributed by atoms with E-state index in [4.69, 9.17) is 15.5 Å². The van der Waals surface area contributed by atoms with E-state index in [1.165, 1.54) is 12.8 Å². The molecule has 2 fully saturated rings. The molecule has 0 atom stereocenters. The monoisotopic (exact) mass is 492 g/mol. The molecule has 3 aromatic rings. The largest absolute Gasteiger partial charge is 0.378 e. The second kappa shape index (κ2) is 10.9. The number of benzene rings is 1. The number of hydrogen-bond acceptors (Lipinski definition) is 8. The number of carbonyl (C=O) groups is 2. The normalized spacial score (nSPS) is 16.4. The van der Waals surface area contributed by atoms with Crippen molar-refractivity contribution in [3.8, 4) is 0 Å². The zero-order valence-electron chi connectivity index (χ0n) is 20.3. The second-order valence-electron chi connectivity index (χ2n) is 9.26. The van der Waals surface area contributed by atoms with Gasteiger partial charge in [0.05, 0.1) is 19.5 Å². The Hall–Kier alpha value is -3.73. The van der Waals surface area contributed by atoms with Crippen LogP contribution in [0.4, 0.5) is 17.5 Å². The molecule has 190 valence electrons. The molecule has 2 amide bonds. The summed E-state index contributed by atoms with van der Waals surface area (Å²) >= 11 is 0. The molecule has 1 saturated carbocycles. The molecule has 1 aromatic carbocycles. The Morgan fingerprint density at radius 3 is 2.56 bits per heavy atom. The Labute approximate surface area is 209 Å². The maximum absolute atomic E-state index is 12.8. The Morgan fingerprint density at radius 1 is 1.08 bits per heavy atom. The highest BCUT2D eigenvalue weighted by Crippen LogP contribution is 2.33. The fourth-order valence-electron chi connectivity index (χ4n) is 4.78. The molecule has 1 aliphatic heterocycles. The lowest BCUT2D eigenvalue weighted by Crippen LogP contribution is -2.40. The summed E-state index contributed by atoms with van der Waals surface area (Å²) in [5.74, 6) is 0.729. The number of amides is 2. The van der Waals surface area contributed by atoms with E-state index in [2.05, 4.69) is 25.2 Å². The van der Waals surface area contributed by atoms with E-state index < -0.39 is 0 Å². The van der Waals surface area contributed by atoms with Gasteiger partial charge in [-0.05, 0) is 43.5 Å². The molecule has 1 saturated heterocycles. The van der Waals surface area contributed by atoms with Crippen molar-refractivity contribution in [3.05, 3.63) is 36.2 Å². The van der Waals surface area contributed by atoms with Crippen molar-refractivity contribution in [2.24, 2.45) is 5.73 Å². The van der Waals surface area contributed by atoms with Crippen molar-refractivity contribution >= 4 is 40.4 Å². The van der Waals surface area contributed by atoms with Gasteiger partial charge >= 0.3 is 0 Å². The molecule has 0 radical (unpaired) electrons. The van der Waals surface area contributed by atoms with E-state index in [1.54, 1.807) is 0 Å². The minimum atomic E-state index is -0.328. The van der Waals surface area contributed by atoms with Gasteiger partial charge in [-0.15, -0.1) is 0 Å². The fourth-order valence-corrected chi connectivity index (χ4v) is 4.78. The first-order valence-corrected chi connectivity index (χ1v) is 12.6. The first kappa shape index (κ1) is 24.0. The number of rotatable bonds is 9. The lowest BCUT2D eigenvalue weighted by atomic mass is 10.1. The summed E-state index contributed by atoms with van der Waals surface area (Å²) in [6, 6.07) is 7.76. The summed E-state index contributed by atoms with van der Waals surface area (Å²) in [6.07, 6.45) is 7.37. The number of nitrogens with zero attached hydrogens (tertiary/aromatic N) is 5. The van der Waals surface area contributed by atoms with Crippen molar-refractivity contribution in [3.63, 3.8) is 0 Å². The van der Waals surface area contributed by atoms with Crippen LogP contribution in [0.1, 0.15) is 54.9 Å². The molecule has 4 N–H and O–H groups in total. The van der Waals surface area contributed by atoms with Crippen LogP contribution >= 0.6 is 0 Å². The topological polar surface area (TPSA) is 140 Å². The van der Waals surface area contributed by atoms with Crippen LogP contribution < -0.4 is 16.4 Å². The Balaban J connectivity index is 1.38. The molecule has 3 heterocycles. The first-order chi connectivity index (χ1) is 17.6. The van der Waals surface area contributed by atoms with Crippen molar-refractivity contribution in [1.29, 1.82) is 0 Å². The summed E-state index contributed by atoms with van der Waals surface area (Å²) in [7, 11) is 0. The quantitative estimate of drug-likeness (QED) is 0.387. The number of anilines is 3. The number of fused-ring (bicyclic) bond motifs is 1. The predicted molar refractivity (Wildman–Crippen MR) is 136 cm³/mol. The highest BCUT2D eigenvalue weighted by Gasteiger charge is 2.22. The maximum Gasteiger partial charge on any atom is 0.254 e. The number of nitrogens with two attached hydrogens (primary N) is 1. The van der Waals surface area contributed by atoms with Gasteiger partial charge in [-0.25, -0.2) is 4.98 Å². The van der Waals surface area contributed by atoms with E-state index in [0.29, 0.717) is 74.6 Å². The SMILES string of the molecule is NC(=O)CCCNc1nc(Nc2ccc(C(=O)N3CCOCC3)cc2)c2ncn(C3CCCC3)c2n1. The predicted octanol–water partition coefficient (Wildman–Crippen LogP) is 2.83. The third-order valence-electron chi connectivity index (χ3n) is 6.72. The summed E-state index contributed by atoms with van der Waals surface area (Å²) < 4.78 is 7.49. The van der Waals surface area contributed by atoms with E-state index >= 15 is 0 Å². The number of imidazole rings is 1. The number of carbonyl (C=O) groups excluding carboxylic acids is 2. The van der Waals surface area contributed by atoms with Gasteiger partial charge in [-0.2, -0.15) is 9.97 Å². The number of aromatic nitrogens is 4. The van der Waals surface area contributed by atoms with E-state index in [0.717, 1.165) is 24.2 Å². The van der Waals surface area contributed by atoms with Crippen molar-refractivity contribution < 1.29 is 14.3 Å². The second-order valence-corrected chi connectivity index (χ2v) is 9.26. The third kappa shape index (κ3) is 5.40. The van der Waals surface area contributed by atoms with Crippen molar-refractivity contribution in [1.82, 2.24) is 24.4 Å². The van der Waals surface area contributed by atoms with Crippen molar-refractivity contribution in [2.45, 2.75) is 44.6 Å². The van der Waals surface area contributed by atoms with Gasteiger partial charge in [0.1, 0.15) is 0 Å². The van der Waals surface area contributed by atoms with Crippen LogP contribution in [0.25, 0.3) is 11.2 Å². The van der Waals surface area contributed by atoms with Crippen LogP contribution in [-0.4, -0.2) is 69.1 Å². The molecule has 11 nitrogen and oxygen atoms in total. The number of ether oxygens (including phenoxy) is 1. The molecular weight excluding hydrogens is 460 g/mol. The number of hydrogen-bond donors (Lipinski definition) is 3. The molecule has 0 bridgehead atoms. The Morgan fingerprint density at radius 2 is 1.83 bits per heavy atom. The third-order valence-corrected chi connectivity index (χ3v) is 6.72. The van der Waals surface area contributed by atoms with Crippen molar-refractivity contribution in [2.75, 3.05) is 43.5 Å². The van der Waals surface area contributed by atoms with E-state index in [1.807, 2.05) is 35.5 Å². The van der Waals surface area contributed by atoms with Gasteiger partial charge < -0.3 is 30.6 Å². The van der Waals surface area contributed by atoms with Crippen LogP contribution in [0, 0.1) is 0 Å². The summed E-state index contributed by atoms with van der Waals surface area (Å²) in [5, 5.41) is 6.57. The number of morpholine rings is 1. The van der Waals surface area contributed by atoms with Crippen LogP contribution in [-0.2, 0) is 9.53 Å². The molecule has 0 unspecified atom stereocenters. The average molecular weight is 493 g/mol. The molecular formula is C25H32N8O3. The average Bonchev–Trinajstić information content (AvgIpc) is 3.57. The van der Waals surface area contributed by atoms with Crippen LogP contribution in [0.3, 0.4) is 0 Å². The van der Waals surface area contributed by atoms with Gasteiger partial charge in [0.15, 0.2) is 17.0 Å². The highest BCUT2D eigenvalue weighted by atomic mass is 16.5. The molecule has 11 heteroatoms. The Bertz CT molecular complexity index is 1210. The van der Waals surface area contributed by atoms with Crippen LogP contribution in [0.15, 0.2) is 30.6 Å². The van der Waals surface area contributed by atoms with Gasteiger partial charge in [-0.1, -0.05) is 12.8 Å².